The van der Waals surface area contributed by atoms with Gasteiger partial charge in [-0.05, 0) is 18.9 Å². The second-order valence-electron chi connectivity index (χ2n) is 7.71. The summed E-state index contributed by atoms with van der Waals surface area (Å²) >= 11 is 0. The highest BCUT2D eigenvalue weighted by molar-refractivity contribution is 5.94. The highest BCUT2D eigenvalue weighted by Crippen LogP contribution is 2.22. The lowest BCUT2D eigenvalue weighted by Crippen LogP contribution is -2.39. The summed E-state index contributed by atoms with van der Waals surface area (Å²) in [6.07, 6.45) is 2.69. The number of hydrogen-bond acceptors (Lipinski definition) is 5. The molecule has 0 fully saturated rings. The Labute approximate surface area is 187 Å². The minimum absolute atomic E-state index is 0.140. The molecule has 2 heterocycles. The smallest absolute Gasteiger partial charge is 0.242 e. The number of nitrogens with one attached hydrogen (secondary N) is 2. The Hall–Kier alpha value is -3.71. The van der Waals surface area contributed by atoms with Crippen LogP contribution in [0.2, 0.25) is 0 Å². The number of carbonyl (C=O) groups is 1. The monoisotopic (exact) mass is 429 g/mol. The van der Waals surface area contributed by atoms with E-state index in [0.29, 0.717) is 31.1 Å². The minimum atomic E-state index is -0.367. The SMILES string of the molecule is CC[C@H](NCc1cn(Cc2ccccc2)nc1-c1ccccc1)C(=O)Nc1cc(C)on1. The second kappa shape index (κ2) is 10.1. The Morgan fingerprint density at radius 3 is 2.47 bits per heavy atom. The molecule has 0 aliphatic carbocycles. The first-order valence-corrected chi connectivity index (χ1v) is 10.8. The minimum Gasteiger partial charge on any atom is -0.360 e. The van der Waals surface area contributed by atoms with Gasteiger partial charge < -0.3 is 15.2 Å². The highest BCUT2D eigenvalue weighted by Gasteiger charge is 2.19. The van der Waals surface area contributed by atoms with Crippen LogP contribution in [-0.4, -0.2) is 26.9 Å². The number of amides is 1. The Bertz CT molecular complexity index is 1150. The molecule has 0 aliphatic rings. The van der Waals surface area contributed by atoms with Crippen molar-refractivity contribution < 1.29 is 9.32 Å². The van der Waals surface area contributed by atoms with Crippen LogP contribution in [0.5, 0.6) is 0 Å². The second-order valence-corrected chi connectivity index (χ2v) is 7.71. The summed E-state index contributed by atoms with van der Waals surface area (Å²) in [4.78, 5) is 12.7. The fraction of sp³-hybridized carbons (Fsp3) is 0.240. The Kier molecular flexibility index (Phi) is 6.77. The quantitative estimate of drug-likeness (QED) is 0.412. The van der Waals surface area contributed by atoms with Gasteiger partial charge in [0.1, 0.15) is 5.76 Å². The summed E-state index contributed by atoms with van der Waals surface area (Å²) in [7, 11) is 0. The first-order valence-electron chi connectivity index (χ1n) is 10.8. The van der Waals surface area contributed by atoms with Crippen LogP contribution >= 0.6 is 0 Å². The van der Waals surface area contributed by atoms with Crippen LogP contribution in [0.4, 0.5) is 5.82 Å². The van der Waals surface area contributed by atoms with Gasteiger partial charge in [-0.15, -0.1) is 0 Å². The van der Waals surface area contributed by atoms with Crippen LogP contribution in [0.3, 0.4) is 0 Å². The van der Waals surface area contributed by atoms with E-state index >= 15 is 0 Å². The van der Waals surface area contributed by atoms with E-state index in [1.807, 2.05) is 54.2 Å². The Morgan fingerprint density at radius 1 is 1.09 bits per heavy atom. The van der Waals surface area contributed by atoms with E-state index in [2.05, 4.69) is 40.1 Å². The lowest BCUT2D eigenvalue weighted by atomic mass is 10.1. The van der Waals surface area contributed by atoms with Crippen molar-refractivity contribution in [1.29, 1.82) is 0 Å². The molecule has 0 saturated heterocycles. The lowest BCUT2D eigenvalue weighted by Gasteiger charge is -2.15. The Morgan fingerprint density at radius 2 is 1.81 bits per heavy atom. The van der Waals surface area contributed by atoms with Crippen molar-refractivity contribution in [2.24, 2.45) is 0 Å². The number of rotatable bonds is 9. The maximum Gasteiger partial charge on any atom is 0.242 e. The number of aryl methyl sites for hydroxylation is 1. The number of nitrogens with zero attached hydrogens (tertiary/aromatic N) is 3. The van der Waals surface area contributed by atoms with Gasteiger partial charge in [0.15, 0.2) is 5.82 Å². The molecule has 0 radical (unpaired) electrons. The van der Waals surface area contributed by atoms with Crippen molar-refractivity contribution in [2.45, 2.75) is 39.4 Å². The van der Waals surface area contributed by atoms with Gasteiger partial charge in [0.25, 0.3) is 0 Å². The van der Waals surface area contributed by atoms with Crippen LogP contribution in [-0.2, 0) is 17.9 Å². The molecule has 4 rings (SSSR count). The van der Waals surface area contributed by atoms with Gasteiger partial charge in [-0.2, -0.15) is 5.10 Å². The third-order valence-corrected chi connectivity index (χ3v) is 5.21. The van der Waals surface area contributed by atoms with E-state index < -0.39 is 0 Å². The van der Waals surface area contributed by atoms with Crippen molar-refractivity contribution >= 4 is 11.7 Å². The van der Waals surface area contributed by atoms with Gasteiger partial charge in [0.2, 0.25) is 5.91 Å². The molecule has 0 bridgehead atoms. The lowest BCUT2D eigenvalue weighted by molar-refractivity contribution is -0.118. The van der Waals surface area contributed by atoms with Gasteiger partial charge in [0, 0.05) is 29.9 Å². The fourth-order valence-corrected chi connectivity index (χ4v) is 3.58. The maximum atomic E-state index is 12.7. The van der Waals surface area contributed by atoms with Crippen molar-refractivity contribution in [2.75, 3.05) is 5.32 Å². The summed E-state index contributed by atoms with van der Waals surface area (Å²) in [6.45, 7) is 4.96. The van der Waals surface area contributed by atoms with E-state index in [1.165, 1.54) is 5.56 Å². The highest BCUT2D eigenvalue weighted by atomic mass is 16.5. The van der Waals surface area contributed by atoms with E-state index in [0.717, 1.165) is 16.8 Å². The number of anilines is 1. The molecular formula is C25H27N5O2. The zero-order chi connectivity index (χ0) is 22.3. The Balaban J connectivity index is 1.51. The van der Waals surface area contributed by atoms with Crippen LogP contribution in [0.25, 0.3) is 11.3 Å². The summed E-state index contributed by atoms with van der Waals surface area (Å²) in [6, 6.07) is 21.7. The number of carbonyl (C=O) groups excluding carboxylic acids is 1. The summed E-state index contributed by atoms with van der Waals surface area (Å²) in [5.41, 5.74) is 4.18. The van der Waals surface area contributed by atoms with Gasteiger partial charge in [0.05, 0.1) is 18.3 Å². The molecule has 0 aliphatic heterocycles. The molecule has 0 saturated carbocycles. The van der Waals surface area contributed by atoms with Gasteiger partial charge in [-0.1, -0.05) is 72.7 Å². The average Bonchev–Trinajstić information content (AvgIpc) is 3.41. The normalized spacial score (nSPS) is 11.9. The van der Waals surface area contributed by atoms with Gasteiger partial charge in [-0.25, -0.2) is 0 Å². The summed E-state index contributed by atoms with van der Waals surface area (Å²) in [5.74, 6) is 0.937. The standard InChI is InChI=1S/C25H27N5O2/c1-3-22(25(31)27-23-14-18(2)32-29-23)26-15-21-17-30(16-19-10-6-4-7-11-19)28-24(21)20-12-8-5-9-13-20/h4-14,17,22,26H,3,15-16H2,1-2H3,(H,27,29,31)/t22-/m0/s1. The van der Waals surface area contributed by atoms with Gasteiger partial charge in [-0.3, -0.25) is 9.48 Å². The molecular weight excluding hydrogens is 402 g/mol. The van der Waals surface area contributed by atoms with Gasteiger partial charge >= 0.3 is 0 Å². The zero-order valence-corrected chi connectivity index (χ0v) is 18.3. The largest absolute Gasteiger partial charge is 0.360 e. The molecule has 1 atom stereocenters. The topological polar surface area (TPSA) is 85.0 Å². The number of aromatic nitrogens is 3. The van der Waals surface area contributed by atoms with Crippen molar-refractivity contribution in [3.8, 4) is 11.3 Å². The summed E-state index contributed by atoms with van der Waals surface area (Å²) in [5, 5.41) is 14.9. The molecule has 1 amide bonds. The fourth-order valence-electron chi connectivity index (χ4n) is 3.58. The van der Waals surface area contributed by atoms with Crippen molar-refractivity contribution in [1.82, 2.24) is 20.3 Å². The molecule has 0 spiro atoms. The van der Waals surface area contributed by atoms with E-state index in [9.17, 15) is 4.79 Å². The molecule has 2 aromatic heterocycles. The maximum absolute atomic E-state index is 12.7. The number of hydrogen-bond donors (Lipinski definition) is 2. The predicted octanol–water partition coefficient (Wildman–Crippen LogP) is 4.40. The summed E-state index contributed by atoms with van der Waals surface area (Å²) < 4.78 is 6.98. The van der Waals surface area contributed by atoms with Crippen LogP contribution in [0, 0.1) is 6.92 Å². The third-order valence-electron chi connectivity index (χ3n) is 5.21. The zero-order valence-electron chi connectivity index (χ0n) is 18.3. The molecule has 7 nitrogen and oxygen atoms in total. The van der Waals surface area contributed by atoms with Crippen molar-refractivity contribution in [3.63, 3.8) is 0 Å². The molecule has 4 aromatic rings. The first kappa shape index (κ1) is 21.5. The van der Waals surface area contributed by atoms with Crippen LogP contribution in [0.1, 0.15) is 30.2 Å². The van der Waals surface area contributed by atoms with Crippen LogP contribution in [0.15, 0.2) is 77.4 Å². The molecule has 2 aromatic carbocycles. The predicted molar refractivity (Wildman–Crippen MR) is 124 cm³/mol. The molecule has 164 valence electrons. The molecule has 0 unspecified atom stereocenters. The van der Waals surface area contributed by atoms with Crippen molar-refractivity contribution in [3.05, 3.63) is 89.8 Å². The molecule has 2 N–H and O–H groups in total. The van der Waals surface area contributed by atoms with E-state index in [1.54, 1.807) is 13.0 Å². The third kappa shape index (κ3) is 5.31. The average molecular weight is 430 g/mol. The molecule has 32 heavy (non-hydrogen) atoms. The molecule has 7 heteroatoms. The van der Waals surface area contributed by atoms with Crippen LogP contribution < -0.4 is 10.6 Å². The number of benzene rings is 2. The van der Waals surface area contributed by atoms with E-state index in [-0.39, 0.29) is 11.9 Å². The van der Waals surface area contributed by atoms with E-state index in [4.69, 9.17) is 9.62 Å². The first-order chi connectivity index (χ1) is 15.6.